The largest absolute Gasteiger partial charge is 0.493 e. The number of para-hydroxylation sites is 1. The molecule has 0 spiro atoms. The van der Waals surface area contributed by atoms with E-state index in [0.29, 0.717) is 5.75 Å². The van der Waals surface area contributed by atoms with Gasteiger partial charge in [-0.25, -0.2) is 4.79 Å². The molecule has 1 N–H and O–H groups in total. The van der Waals surface area contributed by atoms with Crippen molar-refractivity contribution < 1.29 is 14.6 Å². The van der Waals surface area contributed by atoms with Gasteiger partial charge in [0.2, 0.25) is 0 Å². The number of carboxylic acids is 1. The lowest BCUT2D eigenvalue weighted by Gasteiger charge is -2.35. The van der Waals surface area contributed by atoms with E-state index in [9.17, 15) is 9.90 Å². The fourth-order valence-electron chi connectivity index (χ4n) is 2.18. The number of ether oxygens (including phenoxy) is 1. The summed E-state index contributed by atoms with van der Waals surface area (Å²) in [4.78, 5) is 11.3. The third-order valence-corrected chi connectivity index (χ3v) is 6.33. The first-order valence-corrected chi connectivity index (χ1v) is 8.20. The van der Waals surface area contributed by atoms with E-state index >= 15 is 0 Å². The van der Waals surface area contributed by atoms with Gasteiger partial charge in [0.15, 0.2) is 5.75 Å². The molecule has 20 heavy (non-hydrogen) atoms. The molecule has 0 heterocycles. The number of carbonyl (C=O) groups is 1. The average molecular weight is 285 g/mol. The zero-order valence-corrected chi connectivity index (χ0v) is 12.1. The quantitative estimate of drug-likeness (QED) is 0.673. The molecular formula is C15H15BO3P. The van der Waals surface area contributed by atoms with Crippen LogP contribution in [0.1, 0.15) is 0 Å². The second-order valence-corrected chi connectivity index (χ2v) is 7.48. The van der Waals surface area contributed by atoms with Gasteiger partial charge in [0.05, 0.1) is 12.4 Å². The summed E-state index contributed by atoms with van der Waals surface area (Å²) >= 11 is 0. The Labute approximate surface area is 120 Å². The van der Waals surface area contributed by atoms with Crippen molar-refractivity contribution in [1.82, 2.24) is 0 Å². The molecule has 0 fully saturated rings. The number of hydrogen-bond donors (Lipinski definition) is 1. The summed E-state index contributed by atoms with van der Waals surface area (Å²) < 4.78 is 5.35. The molecule has 0 aromatic heterocycles. The van der Waals surface area contributed by atoms with Crippen LogP contribution >= 0.6 is 7.14 Å². The minimum absolute atomic E-state index is 0.0998. The van der Waals surface area contributed by atoms with E-state index in [0.717, 1.165) is 10.6 Å². The van der Waals surface area contributed by atoms with Crippen molar-refractivity contribution in [3.05, 3.63) is 54.6 Å². The van der Waals surface area contributed by atoms with Gasteiger partial charge in [0, 0.05) is 5.30 Å². The highest BCUT2D eigenvalue weighted by molar-refractivity contribution is 8.09. The summed E-state index contributed by atoms with van der Waals surface area (Å²) in [6.45, 7) is 0. The Kier molecular flexibility index (Phi) is 4.46. The van der Waals surface area contributed by atoms with Crippen molar-refractivity contribution in [2.24, 2.45) is 0 Å². The molecule has 1 atom stereocenters. The van der Waals surface area contributed by atoms with Crippen LogP contribution in [0.4, 0.5) is 0 Å². The normalized spacial score (nSPS) is 13.5. The SMILES string of the molecule is [B-][P+](CC(=O)O)(c1ccccc1)c1ccccc1OC. The van der Waals surface area contributed by atoms with E-state index in [1.165, 1.54) is 0 Å². The van der Waals surface area contributed by atoms with Crippen molar-refractivity contribution in [1.29, 1.82) is 0 Å². The Balaban J connectivity index is 2.61. The summed E-state index contributed by atoms with van der Waals surface area (Å²) in [6, 6.07) is 16.7. The standard InChI is InChI=1S/C15H14BO3P/c1-19-13-9-5-6-10-14(13)20(16,11-15(17)18)12-7-3-2-4-8-12/h2-10H,11H2,1H3/q-1/p+1. The minimum Gasteiger partial charge on any atom is -0.493 e. The maximum atomic E-state index is 11.3. The van der Waals surface area contributed by atoms with E-state index in [1.54, 1.807) is 7.11 Å². The van der Waals surface area contributed by atoms with Crippen LogP contribution in [0.15, 0.2) is 54.6 Å². The molecule has 2 aromatic rings. The smallest absolute Gasteiger partial charge is 0.337 e. The molecule has 0 saturated heterocycles. The molecule has 0 aliphatic carbocycles. The predicted octanol–water partition coefficient (Wildman–Crippen LogP) is 1.83. The molecule has 2 aromatic carbocycles. The molecule has 3 nitrogen and oxygen atoms in total. The highest BCUT2D eigenvalue weighted by atomic mass is 31.2. The van der Waals surface area contributed by atoms with Gasteiger partial charge in [0.1, 0.15) is 6.16 Å². The van der Waals surface area contributed by atoms with Gasteiger partial charge in [-0.2, -0.15) is 7.14 Å². The molecule has 0 aliphatic rings. The van der Waals surface area contributed by atoms with Gasteiger partial charge in [-0.3, -0.25) is 7.57 Å². The third-order valence-electron chi connectivity index (χ3n) is 3.12. The van der Waals surface area contributed by atoms with E-state index < -0.39 is 13.1 Å². The molecule has 1 unspecified atom stereocenters. The molecule has 0 bridgehead atoms. The lowest BCUT2D eigenvalue weighted by atomic mass is 10.3. The van der Waals surface area contributed by atoms with Crippen LogP contribution in [0, 0.1) is 0 Å². The van der Waals surface area contributed by atoms with Crippen molar-refractivity contribution >= 4 is 31.3 Å². The first kappa shape index (κ1) is 14.6. The Morgan fingerprint density at radius 1 is 1.15 bits per heavy atom. The van der Waals surface area contributed by atoms with Crippen molar-refractivity contribution in [3.63, 3.8) is 0 Å². The summed E-state index contributed by atoms with van der Waals surface area (Å²) in [6.07, 6.45) is -0.0998. The fraction of sp³-hybridized carbons (Fsp3) is 0.133. The summed E-state index contributed by atoms with van der Waals surface area (Å²) in [5.41, 5.74) is 0. The number of aliphatic carboxylic acids is 1. The van der Waals surface area contributed by atoms with Crippen LogP contribution in [0.5, 0.6) is 5.75 Å². The topological polar surface area (TPSA) is 46.5 Å². The third kappa shape index (κ3) is 2.86. The average Bonchev–Trinajstić information content (AvgIpc) is 2.47. The zero-order chi connectivity index (χ0) is 14.6. The molecule has 5 heteroatoms. The number of methoxy groups -OCH3 is 1. The highest BCUT2D eigenvalue weighted by Gasteiger charge is 2.30. The molecule has 0 amide bonds. The van der Waals surface area contributed by atoms with Crippen molar-refractivity contribution in [2.45, 2.75) is 0 Å². The first-order chi connectivity index (χ1) is 9.58. The lowest BCUT2D eigenvalue weighted by molar-refractivity contribution is -0.134. The Hall–Kier alpha value is -1.80. The zero-order valence-electron chi connectivity index (χ0n) is 11.2. The highest BCUT2D eigenvalue weighted by Crippen LogP contribution is 2.53. The minimum atomic E-state index is -2.51. The summed E-state index contributed by atoms with van der Waals surface area (Å²) in [5.74, 6) is -0.274. The second kappa shape index (κ2) is 6.10. The summed E-state index contributed by atoms with van der Waals surface area (Å²) in [5, 5.41) is 10.9. The molecule has 0 aliphatic heterocycles. The Bertz CT molecular complexity index is 603. The van der Waals surface area contributed by atoms with Crippen molar-refractivity contribution in [3.8, 4) is 5.75 Å². The van der Waals surface area contributed by atoms with Crippen LogP contribution in [-0.4, -0.2) is 31.9 Å². The van der Waals surface area contributed by atoms with E-state index in [1.807, 2.05) is 54.6 Å². The van der Waals surface area contributed by atoms with Crippen LogP contribution in [0.2, 0.25) is 0 Å². The number of hydrogen-bond acceptors (Lipinski definition) is 2. The van der Waals surface area contributed by atoms with Gasteiger partial charge >= 0.3 is 5.97 Å². The fourth-order valence-corrected chi connectivity index (χ4v) is 4.86. The van der Waals surface area contributed by atoms with Gasteiger partial charge in [-0.1, -0.05) is 30.3 Å². The van der Waals surface area contributed by atoms with Gasteiger partial charge in [0.25, 0.3) is 0 Å². The van der Waals surface area contributed by atoms with Crippen LogP contribution in [0.25, 0.3) is 0 Å². The molecule has 2 rings (SSSR count). The molecule has 0 saturated carbocycles. The van der Waals surface area contributed by atoms with Crippen LogP contribution in [0.3, 0.4) is 0 Å². The van der Waals surface area contributed by atoms with Gasteiger partial charge in [-0.05, 0) is 24.3 Å². The summed E-state index contributed by atoms with van der Waals surface area (Å²) in [7, 11) is 5.62. The molecular weight excluding hydrogens is 270 g/mol. The monoisotopic (exact) mass is 285 g/mol. The molecule has 3 radical (unpaired) electrons. The van der Waals surface area contributed by atoms with Crippen LogP contribution in [-0.2, 0) is 4.79 Å². The van der Waals surface area contributed by atoms with E-state index in [2.05, 4.69) is 0 Å². The van der Waals surface area contributed by atoms with Crippen LogP contribution < -0.4 is 15.3 Å². The van der Waals surface area contributed by atoms with Crippen molar-refractivity contribution in [2.75, 3.05) is 13.3 Å². The van der Waals surface area contributed by atoms with E-state index in [4.69, 9.17) is 12.3 Å². The first-order valence-electron chi connectivity index (χ1n) is 6.15. The van der Waals surface area contributed by atoms with E-state index in [-0.39, 0.29) is 6.16 Å². The number of carboxylic acid groups (broad SMARTS) is 1. The number of benzene rings is 2. The lowest BCUT2D eigenvalue weighted by Crippen LogP contribution is -2.29. The predicted molar refractivity (Wildman–Crippen MR) is 83.9 cm³/mol. The Morgan fingerprint density at radius 2 is 1.75 bits per heavy atom. The van der Waals surface area contributed by atoms with Gasteiger partial charge in [-0.15, -0.1) is 0 Å². The maximum Gasteiger partial charge on any atom is 0.337 e. The number of rotatable bonds is 5. The second-order valence-electron chi connectivity index (χ2n) is 4.43. The van der Waals surface area contributed by atoms with Gasteiger partial charge < -0.3 is 9.84 Å². The Morgan fingerprint density at radius 3 is 2.35 bits per heavy atom. The molecule has 101 valence electrons. The maximum absolute atomic E-state index is 11.3.